The number of amides is 2. The molecule has 2 rings (SSSR count). The lowest BCUT2D eigenvalue weighted by Gasteiger charge is -2.29. The smallest absolute Gasteiger partial charge is 0.252 e. The number of methoxy groups -OCH3 is 1. The molecule has 2 amide bonds. The number of carbonyl (C=O) groups is 2. The Morgan fingerprint density at radius 3 is 2.38 bits per heavy atom. The molecule has 1 atom stereocenters. The van der Waals surface area contributed by atoms with Gasteiger partial charge in [-0.25, -0.2) is 8.42 Å². The number of nitrogens with zero attached hydrogens (tertiary/aromatic N) is 1. The van der Waals surface area contributed by atoms with Crippen molar-refractivity contribution in [2.45, 2.75) is 33.2 Å². The fourth-order valence-electron chi connectivity index (χ4n) is 2.88. The average molecular weight is 427 g/mol. The quantitative estimate of drug-likeness (QED) is 0.676. The van der Waals surface area contributed by atoms with E-state index in [4.69, 9.17) is 9.47 Å². The molecule has 0 aromatic heterocycles. The van der Waals surface area contributed by atoms with Gasteiger partial charge in [-0.15, -0.1) is 0 Å². The second-order valence-electron chi connectivity index (χ2n) is 7.57. The third-order valence-electron chi connectivity index (χ3n) is 4.75. The Labute approximate surface area is 172 Å². The van der Waals surface area contributed by atoms with Gasteiger partial charge in [-0.1, -0.05) is 13.8 Å². The molecule has 0 radical (unpaired) electrons. The second kappa shape index (κ2) is 9.96. The van der Waals surface area contributed by atoms with Gasteiger partial charge in [-0.2, -0.15) is 0 Å². The zero-order chi connectivity index (χ0) is 21.6. The normalized spacial score (nSPS) is 16.9. The molecule has 0 saturated carbocycles. The number of rotatable bonds is 8. The Bertz CT molecular complexity index is 823. The van der Waals surface area contributed by atoms with Crippen LogP contribution in [0.3, 0.4) is 0 Å². The highest BCUT2D eigenvalue weighted by molar-refractivity contribution is 7.91. The van der Waals surface area contributed by atoms with Gasteiger partial charge in [0.15, 0.2) is 21.3 Å². The minimum Gasteiger partial charge on any atom is -0.493 e. The number of sulfone groups is 1. The molecule has 1 aliphatic heterocycles. The van der Waals surface area contributed by atoms with Gasteiger partial charge in [0.1, 0.15) is 6.04 Å². The van der Waals surface area contributed by atoms with Gasteiger partial charge in [0.2, 0.25) is 5.91 Å². The number of hydrogen-bond donors (Lipinski definition) is 1. The maximum Gasteiger partial charge on any atom is 0.252 e. The largest absolute Gasteiger partial charge is 0.493 e. The molecule has 0 aliphatic carbocycles. The molecule has 0 spiro atoms. The van der Waals surface area contributed by atoms with Gasteiger partial charge >= 0.3 is 0 Å². The first-order valence-electron chi connectivity index (χ1n) is 9.74. The Balaban J connectivity index is 1.97. The number of carbonyl (C=O) groups excluding carboxylic acids is 2. The molecule has 0 bridgehead atoms. The summed E-state index contributed by atoms with van der Waals surface area (Å²) in [4.78, 5) is 26.5. The second-order valence-corrected chi connectivity index (χ2v) is 9.87. The van der Waals surface area contributed by atoms with E-state index in [1.807, 2.05) is 0 Å². The lowest BCUT2D eigenvalue weighted by molar-refractivity contribution is -0.132. The van der Waals surface area contributed by atoms with Crippen LogP contribution in [0.4, 0.5) is 0 Å². The van der Waals surface area contributed by atoms with E-state index in [0.717, 1.165) is 6.42 Å². The van der Waals surface area contributed by atoms with Crippen LogP contribution in [0.15, 0.2) is 18.2 Å². The lowest BCUT2D eigenvalue weighted by atomic mass is 10.1. The Morgan fingerprint density at radius 1 is 1.14 bits per heavy atom. The van der Waals surface area contributed by atoms with Crippen LogP contribution in [0, 0.1) is 5.92 Å². The summed E-state index contributed by atoms with van der Waals surface area (Å²) in [6, 6.07) is 4.10. The van der Waals surface area contributed by atoms with Crippen LogP contribution in [0.2, 0.25) is 0 Å². The minimum atomic E-state index is -3.07. The fraction of sp³-hybridized carbons (Fsp3) is 0.600. The van der Waals surface area contributed by atoms with Crippen molar-refractivity contribution in [3.05, 3.63) is 23.8 Å². The highest BCUT2D eigenvalue weighted by Crippen LogP contribution is 2.28. The Kier molecular flexibility index (Phi) is 7.89. The molecule has 29 heavy (non-hydrogen) atoms. The van der Waals surface area contributed by atoms with E-state index >= 15 is 0 Å². The maximum atomic E-state index is 12.6. The zero-order valence-electron chi connectivity index (χ0n) is 17.4. The summed E-state index contributed by atoms with van der Waals surface area (Å²) < 4.78 is 34.1. The van der Waals surface area contributed by atoms with Crippen molar-refractivity contribution >= 4 is 21.7 Å². The van der Waals surface area contributed by atoms with Crippen molar-refractivity contribution in [3.8, 4) is 11.5 Å². The van der Waals surface area contributed by atoms with Crippen molar-refractivity contribution < 1.29 is 27.5 Å². The zero-order valence-corrected chi connectivity index (χ0v) is 18.3. The molecule has 1 unspecified atom stereocenters. The highest BCUT2D eigenvalue weighted by Gasteiger charge is 2.28. The van der Waals surface area contributed by atoms with Crippen LogP contribution in [-0.4, -0.2) is 69.5 Å². The number of nitrogens with one attached hydrogen (secondary N) is 1. The van der Waals surface area contributed by atoms with Gasteiger partial charge in [-0.05, 0) is 37.5 Å². The van der Waals surface area contributed by atoms with Crippen LogP contribution < -0.4 is 14.8 Å². The van der Waals surface area contributed by atoms with Crippen molar-refractivity contribution in [3.63, 3.8) is 0 Å². The molecule has 8 nitrogen and oxygen atoms in total. The molecular formula is C20H30N2O6S. The SMILES string of the molecule is COc1cc(C(=O)NC(C)C(=O)N2CCS(=O)(=O)CC2)ccc1OCCC(C)C. The third-order valence-corrected chi connectivity index (χ3v) is 6.36. The number of hydrogen-bond acceptors (Lipinski definition) is 6. The molecule has 1 saturated heterocycles. The summed E-state index contributed by atoms with van der Waals surface area (Å²) in [6.07, 6.45) is 0.906. The molecule has 1 N–H and O–H groups in total. The van der Waals surface area contributed by atoms with E-state index in [-0.39, 0.29) is 30.5 Å². The molecule has 1 aromatic rings. The summed E-state index contributed by atoms with van der Waals surface area (Å²) in [5, 5.41) is 2.67. The lowest BCUT2D eigenvalue weighted by Crippen LogP contribution is -2.51. The van der Waals surface area contributed by atoms with Crippen molar-refractivity contribution in [1.82, 2.24) is 10.2 Å². The molecule has 1 aromatic carbocycles. The topological polar surface area (TPSA) is 102 Å². The highest BCUT2D eigenvalue weighted by atomic mass is 32.2. The first-order valence-corrected chi connectivity index (χ1v) is 11.6. The van der Waals surface area contributed by atoms with E-state index in [1.165, 1.54) is 12.0 Å². The monoisotopic (exact) mass is 426 g/mol. The van der Waals surface area contributed by atoms with Gasteiger partial charge in [0.05, 0.1) is 25.2 Å². The van der Waals surface area contributed by atoms with E-state index in [1.54, 1.807) is 25.1 Å². The molecule has 1 fully saturated rings. The van der Waals surface area contributed by atoms with E-state index < -0.39 is 21.8 Å². The number of benzene rings is 1. The standard InChI is InChI=1S/C20H30N2O6S/c1-14(2)7-10-28-17-6-5-16(13-18(17)27-4)19(23)21-15(3)20(24)22-8-11-29(25,26)12-9-22/h5-6,13-15H,7-12H2,1-4H3,(H,21,23). The van der Waals surface area contributed by atoms with Gasteiger partial charge in [0, 0.05) is 18.7 Å². The summed E-state index contributed by atoms with van der Waals surface area (Å²) in [7, 11) is -1.57. The molecular weight excluding hydrogens is 396 g/mol. The minimum absolute atomic E-state index is 0.0467. The van der Waals surface area contributed by atoms with E-state index in [0.29, 0.717) is 29.6 Å². The van der Waals surface area contributed by atoms with E-state index in [9.17, 15) is 18.0 Å². The third kappa shape index (κ3) is 6.62. The molecule has 162 valence electrons. The summed E-state index contributed by atoms with van der Waals surface area (Å²) >= 11 is 0. The van der Waals surface area contributed by atoms with Crippen LogP contribution >= 0.6 is 0 Å². The predicted octanol–water partition coefficient (Wildman–Crippen LogP) is 1.50. The van der Waals surface area contributed by atoms with E-state index in [2.05, 4.69) is 19.2 Å². The van der Waals surface area contributed by atoms with Crippen molar-refractivity contribution in [2.24, 2.45) is 5.92 Å². The first-order chi connectivity index (χ1) is 13.6. The van der Waals surface area contributed by atoms with Gasteiger partial charge in [0.25, 0.3) is 5.91 Å². The fourth-order valence-corrected chi connectivity index (χ4v) is 4.08. The maximum absolute atomic E-state index is 12.6. The summed E-state index contributed by atoms with van der Waals surface area (Å²) in [5.41, 5.74) is 0.346. The Hall–Kier alpha value is -2.29. The van der Waals surface area contributed by atoms with Crippen molar-refractivity contribution in [1.29, 1.82) is 0 Å². The number of ether oxygens (including phenoxy) is 2. The Morgan fingerprint density at radius 2 is 1.79 bits per heavy atom. The summed E-state index contributed by atoms with van der Waals surface area (Å²) in [6.45, 7) is 6.66. The molecule has 9 heteroatoms. The van der Waals surface area contributed by atoms with Crippen LogP contribution in [0.1, 0.15) is 37.6 Å². The molecule has 1 heterocycles. The molecule has 1 aliphatic rings. The average Bonchev–Trinajstić information content (AvgIpc) is 2.67. The van der Waals surface area contributed by atoms with Crippen LogP contribution in [0.5, 0.6) is 11.5 Å². The predicted molar refractivity (Wildman–Crippen MR) is 110 cm³/mol. The first kappa shape index (κ1) is 23.0. The van der Waals surface area contributed by atoms with Crippen LogP contribution in [0.25, 0.3) is 0 Å². The van der Waals surface area contributed by atoms with Gasteiger partial charge in [-0.3, -0.25) is 9.59 Å². The van der Waals surface area contributed by atoms with Gasteiger partial charge < -0.3 is 19.7 Å². The van der Waals surface area contributed by atoms with Crippen LogP contribution in [-0.2, 0) is 14.6 Å². The van der Waals surface area contributed by atoms with Crippen molar-refractivity contribution in [2.75, 3.05) is 38.3 Å². The summed E-state index contributed by atoms with van der Waals surface area (Å²) in [5.74, 6) is 0.718.